The summed E-state index contributed by atoms with van der Waals surface area (Å²) in [6.07, 6.45) is -0.607. The summed E-state index contributed by atoms with van der Waals surface area (Å²) in [5.74, 6) is -0.718. The highest BCUT2D eigenvalue weighted by atomic mass is 19.1. The van der Waals surface area contributed by atoms with Gasteiger partial charge in [-0.25, -0.2) is 9.18 Å². The van der Waals surface area contributed by atoms with Crippen molar-refractivity contribution in [2.24, 2.45) is 0 Å². The van der Waals surface area contributed by atoms with Gasteiger partial charge < -0.3 is 15.2 Å². The Morgan fingerprint density at radius 2 is 2.12 bits per heavy atom. The fraction of sp³-hybridized carbons (Fsp3) is 0.417. The van der Waals surface area contributed by atoms with Crippen LogP contribution in [0.4, 0.5) is 9.18 Å². The smallest absolute Gasteiger partial charge is 0.407 e. The number of hydrogen-bond acceptors (Lipinski definition) is 3. The van der Waals surface area contributed by atoms with Gasteiger partial charge in [0.25, 0.3) is 0 Å². The van der Waals surface area contributed by atoms with Gasteiger partial charge in [0, 0.05) is 18.2 Å². The minimum atomic E-state index is -0.607. The van der Waals surface area contributed by atoms with Gasteiger partial charge in [-0.2, -0.15) is 0 Å². The highest BCUT2D eigenvalue weighted by molar-refractivity contribution is 5.67. The lowest BCUT2D eigenvalue weighted by Gasteiger charge is -2.19. The first kappa shape index (κ1) is 13.3. The Labute approximate surface area is 99.4 Å². The second-order valence-electron chi connectivity index (χ2n) is 4.63. The predicted octanol–water partition coefficient (Wildman–Crippen LogP) is 2.56. The van der Waals surface area contributed by atoms with E-state index in [2.05, 4.69) is 5.32 Å². The van der Waals surface area contributed by atoms with Gasteiger partial charge in [-0.05, 0) is 26.8 Å². The van der Waals surface area contributed by atoms with Crippen LogP contribution in [0, 0.1) is 5.82 Å². The molecule has 4 nitrogen and oxygen atoms in total. The lowest BCUT2D eigenvalue weighted by Crippen LogP contribution is -2.32. The summed E-state index contributed by atoms with van der Waals surface area (Å²) in [6.45, 7) is 5.25. The third kappa shape index (κ3) is 4.72. The van der Waals surface area contributed by atoms with Crippen LogP contribution in [0.2, 0.25) is 0 Å². The van der Waals surface area contributed by atoms with Crippen molar-refractivity contribution in [1.29, 1.82) is 0 Å². The van der Waals surface area contributed by atoms with E-state index >= 15 is 0 Å². The maximum absolute atomic E-state index is 13.3. The number of ether oxygens (including phenoxy) is 1. The van der Waals surface area contributed by atoms with Crippen LogP contribution in [-0.2, 0) is 11.3 Å². The molecule has 2 N–H and O–H groups in total. The van der Waals surface area contributed by atoms with E-state index in [1.807, 2.05) is 0 Å². The van der Waals surface area contributed by atoms with Gasteiger partial charge in [-0.15, -0.1) is 0 Å². The van der Waals surface area contributed by atoms with Crippen molar-refractivity contribution in [3.05, 3.63) is 29.6 Å². The van der Waals surface area contributed by atoms with Crippen molar-refractivity contribution >= 4 is 6.09 Å². The first-order valence-corrected chi connectivity index (χ1v) is 5.22. The van der Waals surface area contributed by atoms with Gasteiger partial charge in [0.1, 0.15) is 17.2 Å². The average Bonchev–Trinajstić information content (AvgIpc) is 2.13. The third-order valence-corrected chi connectivity index (χ3v) is 1.86. The highest BCUT2D eigenvalue weighted by Crippen LogP contribution is 2.15. The second kappa shape index (κ2) is 5.03. The van der Waals surface area contributed by atoms with Gasteiger partial charge in [0.2, 0.25) is 0 Å². The van der Waals surface area contributed by atoms with E-state index in [-0.39, 0.29) is 17.9 Å². The maximum atomic E-state index is 13.3. The largest absolute Gasteiger partial charge is 0.508 e. The molecule has 0 unspecified atom stereocenters. The number of halogens is 1. The Balaban J connectivity index is 2.53. The molecule has 0 fully saturated rings. The Kier molecular flexibility index (Phi) is 3.93. The summed E-state index contributed by atoms with van der Waals surface area (Å²) >= 11 is 0. The molecule has 0 aromatic heterocycles. The number of aromatic hydroxyl groups is 1. The number of carbonyl (C=O) groups is 1. The van der Waals surface area contributed by atoms with Crippen LogP contribution in [0.15, 0.2) is 18.2 Å². The molecule has 1 rings (SSSR count). The van der Waals surface area contributed by atoms with E-state index in [0.29, 0.717) is 0 Å². The number of nitrogens with one attached hydrogen (secondary N) is 1. The molecular formula is C12H16FNO3. The first-order valence-electron chi connectivity index (χ1n) is 5.22. The fourth-order valence-corrected chi connectivity index (χ4v) is 1.16. The number of amides is 1. The van der Waals surface area contributed by atoms with Crippen LogP contribution in [0.5, 0.6) is 5.75 Å². The zero-order valence-electron chi connectivity index (χ0n) is 10.1. The van der Waals surface area contributed by atoms with Gasteiger partial charge >= 0.3 is 6.09 Å². The molecule has 0 saturated heterocycles. The molecule has 0 atom stereocenters. The van der Waals surface area contributed by atoms with Gasteiger partial charge in [0.05, 0.1) is 0 Å². The molecule has 0 saturated carbocycles. The number of phenols is 1. The zero-order valence-corrected chi connectivity index (χ0v) is 10.1. The lowest BCUT2D eigenvalue weighted by molar-refractivity contribution is 0.0523. The fourth-order valence-electron chi connectivity index (χ4n) is 1.16. The molecule has 0 heterocycles. The van der Waals surface area contributed by atoms with Crippen LogP contribution in [0.25, 0.3) is 0 Å². The summed E-state index contributed by atoms with van der Waals surface area (Å²) in [5, 5.41) is 11.4. The SMILES string of the molecule is CC(C)(C)OC(=O)NCc1ccc(O)cc1F. The zero-order chi connectivity index (χ0) is 13.1. The van der Waals surface area contributed by atoms with Crippen molar-refractivity contribution in [2.75, 3.05) is 0 Å². The molecule has 0 bridgehead atoms. The van der Waals surface area contributed by atoms with Gasteiger partial charge in [-0.3, -0.25) is 0 Å². The quantitative estimate of drug-likeness (QED) is 0.836. The molecule has 1 aromatic carbocycles. The molecule has 5 heteroatoms. The van der Waals surface area contributed by atoms with Crippen LogP contribution in [0.3, 0.4) is 0 Å². The predicted molar refractivity (Wildman–Crippen MR) is 61.1 cm³/mol. The molecule has 1 aromatic rings. The number of phenolic OH excluding ortho intramolecular Hbond substituents is 1. The highest BCUT2D eigenvalue weighted by Gasteiger charge is 2.16. The molecule has 0 aliphatic heterocycles. The van der Waals surface area contributed by atoms with Crippen molar-refractivity contribution < 1.29 is 19.0 Å². The third-order valence-electron chi connectivity index (χ3n) is 1.86. The van der Waals surface area contributed by atoms with Crippen LogP contribution < -0.4 is 5.32 Å². The van der Waals surface area contributed by atoms with Crippen molar-refractivity contribution in [2.45, 2.75) is 32.9 Å². The number of rotatable bonds is 2. The first-order chi connectivity index (χ1) is 7.78. The Morgan fingerprint density at radius 3 is 2.65 bits per heavy atom. The van der Waals surface area contributed by atoms with E-state index in [4.69, 9.17) is 9.84 Å². The van der Waals surface area contributed by atoms with E-state index in [9.17, 15) is 9.18 Å². The summed E-state index contributed by atoms with van der Waals surface area (Å²) in [5.41, 5.74) is -0.300. The normalized spacial score (nSPS) is 11.1. The van der Waals surface area contributed by atoms with Gasteiger partial charge in [0.15, 0.2) is 0 Å². The van der Waals surface area contributed by atoms with E-state index in [0.717, 1.165) is 6.07 Å². The van der Waals surface area contributed by atoms with Crippen molar-refractivity contribution in [1.82, 2.24) is 5.32 Å². The molecule has 1 amide bonds. The van der Waals surface area contributed by atoms with Crippen molar-refractivity contribution in [3.63, 3.8) is 0 Å². The minimum Gasteiger partial charge on any atom is -0.508 e. The molecule has 0 spiro atoms. The summed E-state index contributed by atoms with van der Waals surface area (Å²) < 4.78 is 18.3. The van der Waals surface area contributed by atoms with E-state index in [1.54, 1.807) is 20.8 Å². The summed E-state index contributed by atoms with van der Waals surface area (Å²) in [6, 6.07) is 3.75. The van der Waals surface area contributed by atoms with Crippen LogP contribution in [-0.4, -0.2) is 16.8 Å². The molecule has 0 radical (unpaired) electrons. The molecule has 94 valence electrons. The number of carbonyl (C=O) groups excluding carboxylic acids is 1. The molecule has 0 aliphatic rings. The van der Waals surface area contributed by atoms with E-state index in [1.165, 1.54) is 12.1 Å². The minimum absolute atomic E-state index is 0.0149. The maximum Gasteiger partial charge on any atom is 0.407 e. The van der Waals surface area contributed by atoms with Crippen LogP contribution >= 0.6 is 0 Å². The topological polar surface area (TPSA) is 58.6 Å². The Morgan fingerprint density at radius 1 is 1.47 bits per heavy atom. The number of alkyl carbamates (subject to hydrolysis) is 1. The Bertz CT molecular complexity index is 413. The second-order valence-corrected chi connectivity index (χ2v) is 4.63. The monoisotopic (exact) mass is 241 g/mol. The summed E-state index contributed by atoms with van der Waals surface area (Å²) in [7, 11) is 0. The molecule has 0 aliphatic carbocycles. The summed E-state index contributed by atoms with van der Waals surface area (Å²) in [4.78, 5) is 11.3. The standard InChI is InChI=1S/C12H16FNO3/c1-12(2,3)17-11(16)14-7-8-4-5-9(15)6-10(8)13/h4-6,15H,7H2,1-3H3,(H,14,16). The van der Waals surface area contributed by atoms with Crippen molar-refractivity contribution in [3.8, 4) is 5.75 Å². The molecular weight excluding hydrogens is 225 g/mol. The average molecular weight is 241 g/mol. The van der Waals surface area contributed by atoms with Gasteiger partial charge in [-0.1, -0.05) is 6.07 Å². The van der Waals surface area contributed by atoms with E-state index < -0.39 is 17.5 Å². The lowest BCUT2D eigenvalue weighted by atomic mass is 10.2. The number of hydrogen-bond donors (Lipinski definition) is 2. The van der Waals surface area contributed by atoms with Crippen LogP contribution in [0.1, 0.15) is 26.3 Å². The Hall–Kier alpha value is -1.78. The number of benzene rings is 1. The molecule has 17 heavy (non-hydrogen) atoms.